The first-order valence-electron chi connectivity index (χ1n) is 5.67. The van der Waals surface area contributed by atoms with Gasteiger partial charge in [-0.15, -0.1) is 0 Å². The van der Waals surface area contributed by atoms with Gasteiger partial charge in [0.2, 0.25) is 0 Å². The third kappa shape index (κ3) is 3.00. The van der Waals surface area contributed by atoms with Crippen LogP contribution in [0.5, 0.6) is 0 Å². The maximum atomic E-state index is 12.9. The Hall–Kier alpha value is -1.00. The molecule has 0 radical (unpaired) electrons. The summed E-state index contributed by atoms with van der Waals surface area (Å²) in [4.78, 5) is 6.04. The fourth-order valence-electron chi connectivity index (χ4n) is 2.30. The molecule has 1 heterocycles. The zero-order valence-electron chi connectivity index (χ0n) is 9.56. The third-order valence-corrected chi connectivity index (χ3v) is 3.06. The van der Waals surface area contributed by atoms with Gasteiger partial charge in [-0.3, -0.25) is 4.98 Å². The van der Waals surface area contributed by atoms with Crippen molar-refractivity contribution in [1.82, 2.24) is 9.88 Å². The smallest absolute Gasteiger partial charge is 0.141 e. The van der Waals surface area contributed by atoms with Gasteiger partial charge in [0, 0.05) is 25.3 Å². The predicted molar refractivity (Wildman–Crippen MR) is 61.2 cm³/mol. The van der Waals surface area contributed by atoms with Crippen molar-refractivity contribution in [2.75, 3.05) is 13.6 Å². The van der Waals surface area contributed by atoms with E-state index in [1.165, 1.54) is 12.3 Å². The Morgan fingerprint density at radius 3 is 2.88 bits per heavy atom. The quantitative estimate of drug-likeness (QED) is 0.838. The molecule has 1 aromatic rings. The summed E-state index contributed by atoms with van der Waals surface area (Å²) in [5.41, 5.74) is 6.66. The van der Waals surface area contributed by atoms with Gasteiger partial charge in [0.1, 0.15) is 5.82 Å². The van der Waals surface area contributed by atoms with Gasteiger partial charge in [0.25, 0.3) is 0 Å². The molecule has 3 nitrogen and oxygen atoms in total. The highest BCUT2D eigenvalue weighted by molar-refractivity contribution is 5.09. The SMILES string of the molecule is CN(Cc1cncc(F)c1)CC1CC(N)C1. The molecule has 1 aliphatic carbocycles. The van der Waals surface area contributed by atoms with E-state index in [1.807, 2.05) is 0 Å². The normalized spacial score (nSPS) is 24.5. The zero-order chi connectivity index (χ0) is 11.5. The predicted octanol–water partition coefficient (Wildman–Crippen LogP) is 1.39. The second-order valence-corrected chi connectivity index (χ2v) is 4.81. The molecule has 0 bridgehead atoms. The van der Waals surface area contributed by atoms with Gasteiger partial charge in [-0.2, -0.15) is 0 Å². The molecule has 1 aliphatic rings. The molecular formula is C12H18FN3. The Kier molecular flexibility index (Phi) is 3.51. The van der Waals surface area contributed by atoms with E-state index in [0.717, 1.165) is 31.5 Å². The Balaban J connectivity index is 1.80. The number of nitrogens with zero attached hydrogens (tertiary/aromatic N) is 2. The largest absolute Gasteiger partial charge is 0.328 e. The van der Waals surface area contributed by atoms with Crippen molar-refractivity contribution >= 4 is 0 Å². The Labute approximate surface area is 95.5 Å². The van der Waals surface area contributed by atoms with Gasteiger partial charge < -0.3 is 10.6 Å². The molecule has 2 N–H and O–H groups in total. The average molecular weight is 223 g/mol. The molecule has 1 fully saturated rings. The lowest BCUT2D eigenvalue weighted by Gasteiger charge is -2.35. The summed E-state index contributed by atoms with van der Waals surface area (Å²) in [6.07, 6.45) is 5.18. The topological polar surface area (TPSA) is 42.2 Å². The number of rotatable bonds is 4. The highest BCUT2D eigenvalue weighted by atomic mass is 19.1. The third-order valence-electron chi connectivity index (χ3n) is 3.06. The van der Waals surface area contributed by atoms with Crippen LogP contribution in [0.15, 0.2) is 18.5 Å². The number of pyridine rings is 1. The van der Waals surface area contributed by atoms with Gasteiger partial charge in [0.05, 0.1) is 6.20 Å². The fourth-order valence-corrected chi connectivity index (χ4v) is 2.30. The number of hydrogen-bond donors (Lipinski definition) is 1. The van der Waals surface area contributed by atoms with Crippen LogP contribution in [0.4, 0.5) is 4.39 Å². The molecule has 0 aliphatic heterocycles. The van der Waals surface area contributed by atoms with Gasteiger partial charge >= 0.3 is 0 Å². The molecule has 1 aromatic heterocycles. The Morgan fingerprint density at radius 2 is 2.25 bits per heavy atom. The van der Waals surface area contributed by atoms with Crippen LogP contribution in [-0.4, -0.2) is 29.5 Å². The van der Waals surface area contributed by atoms with Crippen LogP contribution in [-0.2, 0) is 6.54 Å². The minimum Gasteiger partial charge on any atom is -0.328 e. The number of hydrogen-bond acceptors (Lipinski definition) is 3. The van der Waals surface area contributed by atoms with Crippen molar-refractivity contribution in [2.45, 2.75) is 25.4 Å². The monoisotopic (exact) mass is 223 g/mol. The lowest BCUT2D eigenvalue weighted by Crippen LogP contribution is -2.41. The summed E-state index contributed by atoms with van der Waals surface area (Å²) < 4.78 is 12.9. The van der Waals surface area contributed by atoms with E-state index in [-0.39, 0.29) is 5.82 Å². The molecule has 0 unspecified atom stereocenters. The summed E-state index contributed by atoms with van der Waals surface area (Å²) in [6, 6.07) is 1.94. The molecule has 2 rings (SSSR count). The van der Waals surface area contributed by atoms with E-state index in [2.05, 4.69) is 16.9 Å². The summed E-state index contributed by atoms with van der Waals surface area (Å²) >= 11 is 0. The first-order chi connectivity index (χ1) is 7.63. The Morgan fingerprint density at radius 1 is 1.50 bits per heavy atom. The molecule has 0 aromatic carbocycles. The second kappa shape index (κ2) is 4.89. The number of halogens is 1. The molecule has 0 atom stereocenters. The van der Waals surface area contributed by atoms with Gasteiger partial charge in [-0.25, -0.2) is 4.39 Å². The first kappa shape index (κ1) is 11.5. The standard InChI is InChI=1S/C12H18FN3/c1-16(7-9-3-12(14)4-9)8-10-2-11(13)6-15-5-10/h2,5-6,9,12H,3-4,7-8,14H2,1H3. The summed E-state index contributed by atoms with van der Waals surface area (Å²) in [5, 5.41) is 0. The number of aromatic nitrogens is 1. The van der Waals surface area contributed by atoms with Gasteiger partial charge in [-0.1, -0.05) is 0 Å². The van der Waals surface area contributed by atoms with Crippen LogP contribution in [0.2, 0.25) is 0 Å². The molecule has 4 heteroatoms. The summed E-state index contributed by atoms with van der Waals surface area (Å²) in [5.74, 6) is 0.443. The maximum Gasteiger partial charge on any atom is 0.141 e. The average Bonchev–Trinajstić information content (AvgIpc) is 2.15. The van der Waals surface area contributed by atoms with Crippen molar-refractivity contribution in [1.29, 1.82) is 0 Å². The highest BCUT2D eigenvalue weighted by Gasteiger charge is 2.26. The zero-order valence-corrected chi connectivity index (χ0v) is 9.56. The fraction of sp³-hybridized carbons (Fsp3) is 0.583. The molecule has 88 valence electrons. The highest BCUT2D eigenvalue weighted by Crippen LogP contribution is 2.26. The molecule has 0 spiro atoms. The van der Waals surface area contributed by atoms with Gasteiger partial charge in [-0.05, 0) is 37.4 Å². The van der Waals surface area contributed by atoms with Crippen LogP contribution in [0, 0.1) is 11.7 Å². The van der Waals surface area contributed by atoms with Crippen LogP contribution >= 0.6 is 0 Å². The van der Waals surface area contributed by atoms with Crippen LogP contribution < -0.4 is 5.73 Å². The van der Waals surface area contributed by atoms with Crippen molar-refractivity contribution < 1.29 is 4.39 Å². The molecule has 0 amide bonds. The van der Waals surface area contributed by atoms with Crippen molar-refractivity contribution in [3.63, 3.8) is 0 Å². The van der Waals surface area contributed by atoms with E-state index in [0.29, 0.717) is 12.0 Å². The van der Waals surface area contributed by atoms with Gasteiger partial charge in [0.15, 0.2) is 0 Å². The maximum absolute atomic E-state index is 12.9. The first-order valence-corrected chi connectivity index (χ1v) is 5.67. The van der Waals surface area contributed by atoms with E-state index in [4.69, 9.17) is 5.73 Å². The van der Waals surface area contributed by atoms with Crippen LogP contribution in [0.3, 0.4) is 0 Å². The van der Waals surface area contributed by atoms with Crippen LogP contribution in [0.1, 0.15) is 18.4 Å². The molecular weight excluding hydrogens is 205 g/mol. The van der Waals surface area contributed by atoms with Crippen molar-refractivity contribution in [2.24, 2.45) is 11.7 Å². The van der Waals surface area contributed by atoms with Crippen molar-refractivity contribution in [3.8, 4) is 0 Å². The Bertz CT molecular complexity index is 350. The van der Waals surface area contributed by atoms with Crippen molar-refractivity contribution in [3.05, 3.63) is 29.8 Å². The summed E-state index contributed by atoms with van der Waals surface area (Å²) in [7, 11) is 2.05. The van der Waals surface area contributed by atoms with E-state index < -0.39 is 0 Å². The minimum absolute atomic E-state index is 0.267. The van der Waals surface area contributed by atoms with E-state index in [9.17, 15) is 4.39 Å². The minimum atomic E-state index is -0.267. The lowest BCUT2D eigenvalue weighted by molar-refractivity contribution is 0.178. The van der Waals surface area contributed by atoms with Crippen LogP contribution in [0.25, 0.3) is 0 Å². The lowest BCUT2D eigenvalue weighted by atomic mass is 9.80. The summed E-state index contributed by atoms with van der Waals surface area (Å²) in [6.45, 7) is 1.78. The molecule has 1 saturated carbocycles. The molecule has 0 saturated heterocycles. The number of nitrogens with two attached hydrogens (primary N) is 1. The second-order valence-electron chi connectivity index (χ2n) is 4.81. The van der Waals surface area contributed by atoms with E-state index >= 15 is 0 Å². The molecule has 16 heavy (non-hydrogen) atoms. The van der Waals surface area contributed by atoms with E-state index in [1.54, 1.807) is 6.20 Å².